The van der Waals surface area contributed by atoms with Gasteiger partial charge in [-0.15, -0.1) is 34.9 Å². The highest BCUT2D eigenvalue weighted by molar-refractivity contribution is 8.04. The van der Waals surface area contributed by atoms with Gasteiger partial charge in [-0.1, -0.05) is 34.6 Å². The number of ether oxygens (including phenoxy) is 2. The number of thiophene rings is 1. The van der Waals surface area contributed by atoms with Crippen molar-refractivity contribution in [2.45, 2.75) is 163 Å². The maximum atomic E-state index is 11.2. The lowest BCUT2D eigenvalue weighted by molar-refractivity contribution is -0.126. The molecule has 0 amide bonds. The smallest absolute Gasteiger partial charge is 0.199 e. The minimum atomic E-state index is -0.873. The minimum absolute atomic E-state index is 0.0176. The van der Waals surface area contributed by atoms with Gasteiger partial charge in [0.25, 0.3) is 0 Å². The van der Waals surface area contributed by atoms with Crippen LogP contribution in [-0.2, 0) is 15.9 Å². The van der Waals surface area contributed by atoms with Crippen LogP contribution in [0.25, 0.3) is 0 Å². The molecule has 9 heteroatoms. The number of aliphatic hydroxyl groups excluding tert-OH is 4. The number of allylic oxidation sites excluding steroid dienone is 3. The Balaban J connectivity index is 1.22. The maximum Gasteiger partial charge on any atom is 0.199 e. The van der Waals surface area contributed by atoms with Crippen LogP contribution in [0.1, 0.15) is 121 Å². The predicted octanol–water partition coefficient (Wildman–Crippen LogP) is 8.37. The number of aliphatic hydroxyl groups is 4. The molecule has 0 aromatic carbocycles. The highest BCUT2D eigenvalue weighted by Crippen LogP contribution is 2.49. The second-order valence-corrected chi connectivity index (χ2v) is 18.5. The summed E-state index contributed by atoms with van der Waals surface area (Å²) in [4.78, 5) is 4.42. The van der Waals surface area contributed by atoms with Gasteiger partial charge in [0.2, 0.25) is 0 Å². The van der Waals surface area contributed by atoms with Crippen LogP contribution in [-0.4, -0.2) is 61.0 Å². The van der Waals surface area contributed by atoms with E-state index in [1.165, 1.54) is 14.6 Å². The summed E-state index contributed by atoms with van der Waals surface area (Å²) in [6, 6.07) is 2.39. The van der Waals surface area contributed by atoms with Gasteiger partial charge in [0.05, 0.1) is 17.5 Å². The third-order valence-corrected chi connectivity index (χ3v) is 15.7. The van der Waals surface area contributed by atoms with Gasteiger partial charge in [-0.3, -0.25) is 0 Å². The normalized spacial score (nSPS) is 31.8. The molecule has 7 atom stereocenters. The Bertz CT molecular complexity index is 1140. The molecule has 0 bridgehead atoms. The first-order valence-corrected chi connectivity index (χ1v) is 20.6. The van der Waals surface area contributed by atoms with E-state index in [-0.39, 0.29) is 29.3 Å². The largest absolute Gasteiger partial charge is 0.469 e. The molecule has 4 N–H and O–H groups in total. The molecular formula is C37H58O6S3. The Morgan fingerprint density at radius 1 is 0.761 bits per heavy atom. The third kappa shape index (κ3) is 9.10. The Morgan fingerprint density at radius 3 is 1.83 bits per heavy atom. The van der Waals surface area contributed by atoms with E-state index in [4.69, 9.17) is 9.47 Å². The van der Waals surface area contributed by atoms with Gasteiger partial charge in [-0.25, -0.2) is 0 Å². The first kappa shape index (κ1) is 36.6. The van der Waals surface area contributed by atoms with Crippen molar-refractivity contribution in [3.05, 3.63) is 39.5 Å². The van der Waals surface area contributed by atoms with Crippen molar-refractivity contribution in [2.24, 2.45) is 23.7 Å². The Labute approximate surface area is 289 Å². The fourth-order valence-electron chi connectivity index (χ4n) is 7.69. The van der Waals surface area contributed by atoms with Gasteiger partial charge in [0.1, 0.15) is 11.5 Å². The molecule has 46 heavy (non-hydrogen) atoms. The molecular weight excluding hydrogens is 637 g/mol. The van der Waals surface area contributed by atoms with Crippen LogP contribution in [0, 0.1) is 23.7 Å². The van der Waals surface area contributed by atoms with Crippen LogP contribution in [0.2, 0.25) is 0 Å². The zero-order valence-electron chi connectivity index (χ0n) is 28.5. The van der Waals surface area contributed by atoms with Gasteiger partial charge in [0.15, 0.2) is 12.6 Å². The van der Waals surface area contributed by atoms with Crippen molar-refractivity contribution in [3.8, 4) is 0 Å². The lowest BCUT2D eigenvalue weighted by Gasteiger charge is -2.36. The topological polar surface area (TPSA) is 99.4 Å². The van der Waals surface area contributed by atoms with E-state index in [0.29, 0.717) is 34.7 Å². The molecule has 0 spiro atoms. The van der Waals surface area contributed by atoms with Crippen LogP contribution in [0.5, 0.6) is 0 Å². The molecule has 1 aromatic heterocycles. The molecule has 1 aromatic rings. The fraction of sp³-hybridized carbons (Fsp3) is 0.784. The maximum absolute atomic E-state index is 11.2. The molecule has 2 fully saturated rings. The molecule has 260 valence electrons. The highest BCUT2D eigenvalue weighted by Gasteiger charge is 2.37. The van der Waals surface area contributed by atoms with E-state index in [9.17, 15) is 20.4 Å². The van der Waals surface area contributed by atoms with Gasteiger partial charge < -0.3 is 29.9 Å². The first-order valence-electron chi connectivity index (χ1n) is 18.0. The van der Waals surface area contributed by atoms with Gasteiger partial charge in [-0.2, -0.15) is 0 Å². The summed E-state index contributed by atoms with van der Waals surface area (Å²) in [6.07, 6.45) is 12.0. The summed E-state index contributed by atoms with van der Waals surface area (Å²) in [5, 5.41) is 43.8. The monoisotopic (exact) mass is 694 g/mol. The van der Waals surface area contributed by atoms with Crippen molar-refractivity contribution in [3.63, 3.8) is 0 Å². The molecule has 5 rings (SSSR count). The summed E-state index contributed by atoms with van der Waals surface area (Å²) in [5.74, 6) is 2.88. The fourth-order valence-corrected chi connectivity index (χ4v) is 12.1. The van der Waals surface area contributed by atoms with Gasteiger partial charge in [-0.05, 0) is 107 Å². The molecule has 4 aliphatic rings. The van der Waals surface area contributed by atoms with Crippen LogP contribution in [0.15, 0.2) is 34.6 Å². The molecule has 0 saturated heterocycles. The average molecular weight is 695 g/mol. The van der Waals surface area contributed by atoms with Crippen molar-refractivity contribution in [1.82, 2.24) is 0 Å². The Morgan fingerprint density at radius 2 is 1.30 bits per heavy atom. The first-order chi connectivity index (χ1) is 22.1. The van der Waals surface area contributed by atoms with Crippen LogP contribution in [0.4, 0.5) is 0 Å². The molecule has 2 saturated carbocycles. The van der Waals surface area contributed by atoms with E-state index in [2.05, 4.69) is 26.8 Å². The summed E-state index contributed by atoms with van der Waals surface area (Å²) in [7, 11) is 0. The second kappa shape index (κ2) is 16.8. The summed E-state index contributed by atoms with van der Waals surface area (Å²) in [6.45, 7) is 10.9. The molecule has 0 radical (unpaired) electrons. The minimum Gasteiger partial charge on any atom is -0.469 e. The number of hydrogen-bond acceptors (Lipinski definition) is 9. The van der Waals surface area contributed by atoms with Gasteiger partial charge in [0, 0.05) is 43.4 Å². The average Bonchev–Trinajstić information content (AvgIpc) is 3.66. The zero-order valence-corrected chi connectivity index (χ0v) is 30.9. The SMILES string of the molecule is CCC(O)C1CCC(C(O)OC2=CC=C(OC(O)C3CCC(C(O)CC)CC3)C(SC(C)C3Cc4sc(C(C)C)cc4S3)C2)CC1. The van der Waals surface area contributed by atoms with E-state index in [0.717, 1.165) is 82.1 Å². The Hall–Kier alpha value is -0.680. The summed E-state index contributed by atoms with van der Waals surface area (Å²) < 4.78 is 12.6. The molecule has 3 aliphatic carbocycles. The lowest BCUT2D eigenvalue weighted by Crippen LogP contribution is -2.34. The zero-order chi connectivity index (χ0) is 33.0. The quantitative estimate of drug-likeness (QED) is 0.144. The molecule has 7 unspecified atom stereocenters. The highest BCUT2D eigenvalue weighted by atomic mass is 32.2. The van der Waals surface area contributed by atoms with E-state index in [1.807, 2.05) is 60.9 Å². The van der Waals surface area contributed by atoms with Gasteiger partial charge >= 0.3 is 0 Å². The van der Waals surface area contributed by atoms with Crippen molar-refractivity contribution in [2.75, 3.05) is 0 Å². The second-order valence-electron chi connectivity index (χ2n) is 14.5. The van der Waals surface area contributed by atoms with Crippen molar-refractivity contribution < 1.29 is 29.9 Å². The number of thioether (sulfide) groups is 2. The summed E-state index contributed by atoms with van der Waals surface area (Å²) >= 11 is 5.86. The van der Waals surface area contributed by atoms with E-state index < -0.39 is 12.6 Å². The number of rotatable bonds is 14. The summed E-state index contributed by atoms with van der Waals surface area (Å²) in [5.41, 5.74) is 0. The lowest BCUT2D eigenvalue weighted by atomic mass is 9.78. The standard InChI is InChI=1S/C37H58O6S3/c1-6-28(38)23-8-12-25(13-9-23)36(40)42-27-16-17-30(43-37(41)26-14-10-24(11-15-26)29(39)7-2)33(18-27)44-22(5)32-20-35-34(46-32)19-31(45-35)21(3)4/h16-17,19,21-26,28-29,32-33,36-41H,6-15,18,20H2,1-5H3. The van der Waals surface area contributed by atoms with E-state index >= 15 is 0 Å². The third-order valence-electron chi connectivity index (χ3n) is 11.0. The number of hydrogen-bond donors (Lipinski definition) is 4. The van der Waals surface area contributed by atoms with Crippen LogP contribution >= 0.6 is 34.9 Å². The molecule has 2 heterocycles. The van der Waals surface area contributed by atoms with E-state index in [1.54, 1.807) is 0 Å². The van der Waals surface area contributed by atoms with Crippen LogP contribution < -0.4 is 0 Å². The van der Waals surface area contributed by atoms with Crippen molar-refractivity contribution in [1.29, 1.82) is 0 Å². The predicted molar refractivity (Wildman–Crippen MR) is 191 cm³/mol. The Kier molecular flexibility index (Phi) is 13.4. The molecule has 1 aliphatic heterocycles. The van der Waals surface area contributed by atoms with Crippen molar-refractivity contribution >= 4 is 34.9 Å². The number of fused-ring (bicyclic) bond motifs is 1. The van der Waals surface area contributed by atoms with Crippen LogP contribution in [0.3, 0.4) is 0 Å². The molecule has 6 nitrogen and oxygen atoms in total.